The van der Waals surface area contributed by atoms with Crippen molar-refractivity contribution >= 4 is 27.2 Å². The summed E-state index contributed by atoms with van der Waals surface area (Å²) in [7, 11) is 1.80. The summed E-state index contributed by atoms with van der Waals surface area (Å²) in [4.78, 5) is 5.66. The van der Waals surface area contributed by atoms with Crippen molar-refractivity contribution in [3.63, 3.8) is 0 Å². The SMILES string of the molecule is Cn1cc2cc(-c3nn4cc(C5CCCCC5)nc4s3)cc(F)c2n1. The summed E-state index contributed by atoms with van der Waals surface area (Å²) < 4.78 is 17.8. The highest BCUT2D eigenvalue weighted by Crippen LogP contribution is 2.34. The van der Waals surface area contributed by atoms with Crippen LogP contribution >= 0.6 is 11.3 Å². The van der Waals surface area contributed by atoms with Gasteiger partial charge < -0.3 is 0 Å². The van der Waals surface area contributed by atoms with Crippen LogP contribution in [0, 0.1) is 5.82 Å². The number of hydrogen-bond acceptors (Lipinski definition) is 4. The third-order valence-electron chi connectivity index (χ3n) is 5.01. The number of hydrogen-bond donors (Lipinski definition) is 0. The van der Waals surface area contributed by atoms with E-state index in [2.05, 4.69) is 10.2 Å². The van der Waals surface area contributed by atoms with Crippen LogP contribution in [0.1, 0.15) is 43.7 Å². The van der Waals surface area contributed by atoms with Crippen LogP contribution in [0.4, 0.5) is 4.39 Å². The molecule has 25 heavy (non-hydrogen) atoms. The van der Waals surface area contributed by atoms with E-state index < -0.39 is 0 Å². The van der Waals surface area contributed by atoms with Gasteiger partial charge in [0.25, 0.3) is 0 Å². The largest absolute Gasteiger partial charge is 0.274 e. The number of rotatable bonds is 2. The second kappa shape index (κ2) is 5.62. The molecule has 0 unspecified atom stereocenters. The molecule has 0 N–H and O–H groups in total. The van der Waals surface area contributed by atoms with E-state index in [1.54, 1.807) is 11.7 Å². The topological polar surface area (TPSA) is 48.0 Å². The van der Waals surface area contributed by atoms with Crippen LogP contribution in [0.3, 0.4) is 0 Å². The highest BCUT2D eigenvalue weighted by atomic mass is 32.1. The molecule has 0 amide bonds. The molecule has 0 radical (unpaired) electrons. The van der Waals surface area contributed by atoms with E-state index >= 15 is 0 Å². The van der Waals surface area contributed by atoms with Gasteiger partial charge in [0, 0.05) is 30.1 Å². The van der Waals surface area contributed by atoms with Gasteiger partial charge in [-0.15, -0.1) is 0 Å². The lowest BCUT2D eigenvalue weighted by molar-refractivity contribution is 0.438. The van der Waals surface area contributed by atoms with Crippen molar-refractivity contribution in [2.24, 2.45) is 7.05 Å². The Labute approximate surface area is 148 Å². The first-order valence-corrected chi connectivity index (χ1v) is 9.48. The minimum Gasteiger partial charge on any atom is -0.274 e. The fourth-order valence-corrected chi connectivity index (χ4v) is 4.64. The van der Waals surface area contributed by atoms with Gasteiger partial charge in [0.05, 0.1) is 11.9 Å². The molecule has 1 aliphatic carbocycles. The van der Waals surface area contributed by atoms with Crippen LogP contribution in [0.2, 0.25) is 0 Å². The molecule has 0 bridgehead atoms. The Morgan fingerprint density at radius 2 is 1.96 bits per heavy atom. The molecule has 1 aromatic carbocycles. The van der Waals surface area contributed by atoms with Crippen LogP contribution in [-0.2, 0) is 7.05 Å². The number of imidazole rings is 1. The summed E-state index contributed by atoms with van der Waals surface area (Å²) in [6.45, 7) is 0. The molecule has 0 aliphatic heterocycles. The Kier molecular flexibility index (Phi) is 3.38. The van der Waals surface area contributed by atoms with E-state index in [9.17, 15) is 4.39 Å². The standard InChI is InChI=1S/C18H18FN5S/c1-23-9-13-7-12(8-14(19)16(13)21-23)17-22-24-10-15(20-18(24)25-17)11-5-3-2-4-6-11/h7-11H,2-6H2,1H3. The van der Waals surface area contributed by atoms with Gasteiger partial charge in [-0.25, -0.2) is 13.9 Å². The van der Waals surface area contributed by atoms with Gasteiger partial charge in [-0.3, -0.25) is 4.68 Å². The lowest BCUT2D eigenvalue weighted by atomic mass is 9.87. The van der Waals surface area contributed by atoms with Crippen molar-refractivity contribution in [2.45, 2.75) is 38.0 Å². The normalized spacial score (nSPS) is 16.2. The van der Waals surface area contributed by atoms with Crippen molar-refractivity contribution < 1.29 is 4.39 Å². The number of aromatic nitrogens is 5. The molecule has 128 valence electrons. The van der Waals surface area contributed by atoms with E-state index in [-0.39, 0.29) is 5.82 Å². The molecule has 0 saturated heterocycles. The van der Waals surface area contributed by atoms with Gasteiger partial charge in [-0.05, 0) is 25.0 Å². The first-order chi connectivity index (χ1) is 12.2. The van der Waals surface area contributed by atoms with Crippen LogP contribution in [0.25, 0.3) is 26.4 Å². The van der Waals surface area contributed by atoms with Crippen molar-refractivity contribution in [3.05, 3.63) is 36.0 Å². The Bertz CT molecular complexity index is 1040. The summed E-state index contributed by atoms with van der Waals surface area (Å²) in [6, 6.07) is 3.45. The van der Waals surface area contributed by atoms with Crippen molar-refractivity contribution in [3.8, 4) is 10.6 Å². The zero-order chi connectivity index (χ0) is 17.0. The molecule has 0 spiro atoms. The average Bonchev–Trinajstić information content (AvgIpc) is 3.27. The maximum Gasteiger partial charge on any atom is 0.212 e. The number of aryl methyl sites for hydroxylation is 1. The molecular weight excluding hydrogens is 337 g/mol. The maximum absolute atomic E-state index is 14.3. The monoisotopic (exact) mass is 355 g/mol. The van der Waals surface area contributed by atoms with Gasteiger partial charge in [-0.1, -0.05) is 30.6 Å². The van der Waals surface area contributed by atoms with Crippen molar-refractivity contribution in [1.82, 2.24) is 24.4 Å². The van der Waals surface area contributed by atoms with Gasteiger partial charge in [0.2, 0.25) is 4.96 Å². The molecule has 5 rings (SSSR count). The molecule has 1 fully saturated rings. The molecule has 3 aromatic heterocycles. The second-order valence-corrected chi connectivity index (χ2v) is 7.79. The molecule has 3 heterocycles. The summed E-state index contributed by atoms with van der Waals surface area (Å²) in [5, 5.41) is 10.3. The van der Waals surface area contributed by atoms with Crippen LogP contribution in [0.5, 0.6) is 0 Å². The van der Waals surface area contributed by atoms with Crippen molar-refractivity contribution in [1.29, 1.82) is 0 Å². The lowest BCUT2D eigenvalue weighted by Gasteiger charge is -2.19. The molecule has 7 heteroatoms. The van der Waals surface area contributed by atoms with E-state index in [1.807, 2.05) is 23.0 Å². The fraction of sp³-hybridized carbons (Fsp3) is 0.389. The number of fused-ring (bicyclic) bond motifs is 2. The number of nitrogens with zero attached hydrogens (tertiary/aromatic N) is 5. The molecule has 5 nitrogen and oxygen atoms in total. The molecule has 1 saturated carbocycles. The lowest BCUT2D eigenvalue weighted by Crippen LogP contribution is -2.04. The molecule has 1 aliphatic rings. The van der Waals surface area contributed by atoms with Crippen LogP contribution < -0.4 is 0 Å². The zero-order valence-electron chi connectivity index (χ0n) is 13.9. The fourth-order valence-electron chi connectivity index (χ4n) is 3.76. The summed E-state index contributed by atoms with van der Waals surface area (Å²) in [5.74, 6) is 0.249. The minimum absolute atomic E-state index is 0.316. The van der Waals surface area contributed by atoms with Gasteiger partial charge in [0.15, 0.2) is 5.82 Å². The molecular formula is C18H18FN5S. The third-order valence-corrected chi connectivity index (χ3v) is 5.98. The van der Waals surface area contributed by atoms with Gasteiger partial charge >= 0.3 is 0 Å². The average molecular weight is 355 g/mol. The van der Waals surface area contributed by atoms with E-state index in [4.69, 9.17) is 4.98 Å². The predicted octanol–water partition coefficient (Wildman–Crippen LogP) is 4.53. The zero-order valence-corrected chi connectivity index (χ0v) is 14.8. The summed E-state index contributed by atoms with van der Waals surface area (Å²) >= 11 is 1.51. The Morgan fingerprint density at radius 1 is 1.12 bits per heavy atom. The third kappa shape index (κ3) is 2.54. The second-order valence-electron chi connectivity index (χ2n) is 6.83. The first-order valence-electron chi connectivity index (χ1n) is 8.67. The molecule has 0 atom stereocenters. The smallest absolute Gasteiger partial charge is 0.212 e. The van der Waals surface area contributed by atoms with E-state index in [1.165, 1.54) is 49.5 Å². The Balaban J connectivity index is 1.53. The maximum atomic E-state index is 14.3. The number of benzene rings is 1. The highest BCUT2D eigenvalue weighted by molar-refractivity contribution is 7.19. The van der Waals surface area contributed by atoms with Gasteiger partial charge in [0.1, 0.15) is 10.5 Å². The van der Waals surface area contributed by atoms with E-state index in [0.29, 0.717) is 11.4 Å². The quantitative estimate of drug-likeness (QED) is 0.531. The minimum atomic E-state index is -0.316. The summed E-state index contributed by atoms with van der Waals surface area (Å²) in [6.07, 6.45) is 10.2. The predicted molar refractivity (Wildman–Crippen MR) is 96.4 cm³/mol. The van der Waals surface area contributed by atoms with Gasteiger partial charge in [-0.2, -0.15) is 10.2 Å². The summed E-state index contributed by atoms with van der Waals surface area (Å²) in [5.41, 5.74) is 2.32. The Morgan fingerprint density at radius 3 is 2.76 bits per heavy atom. The van der Waals surface area contributed by atoms with Crippen LogP contribution in [-0.4, -0.2) is 24.4 Å². The number of halogens is 1. The van der Waals surface area contributed by atoms with Crippen molar-refractivity contribution in [2.75, 3.05) is 0 Å². The molecule has 4 aromatic rings. The first kappa shape index (κ1) is 15.0. The van der Waals surface area contributed by atoms with Crippen LogP contribution in [0.15, 0.2) is 24.5 Å². The highest BCUT2D eigenvalue weighted by Gasteiger charge is 2.20. The van der Waals surface area contributed by atoms with E-state index in [0.717, 1.165) is 26.6 Å². The Hall–Kier alpha value is -2.28.